The van der Waals surface area contributed by atoms with Crippen molar-refractivity contribution in [2.24, 2.45) is 5.92 Å². The lowest BCUT2D eigenvalue weighted by Gasteiger charge is -2.36. The van der Waals surface area contributed by atoms with Gasteiger partial charge in [0, 0.05) is 32.7 Å². The third-order valence-corrected chi connectivity index (χ3v) is 5.68. The predicted octanol–water partition coefficient (Wildman–Crippen LogP) is 4.00. The van der Waals surface area contributed by atoms with E-state index < -0.39 is 6.04 Å². The largest absolute Gasteiger partial charge is 0.345 e. The van der Waals surface area contributed by atoms with Crippen LogP contribution in [0.25, 0.3) is 0 Å². The molecule has 0 spiro atoms. The summed E-state index contributed by atoms with van der Waals surface area (Å²) in [6.45, 7) is 8.73. The zero-order valence-corrected chi connectivity index (χ0v) is 18.4. The van der Waals surface area contributed by atoms with E-state index in [1.807, 2.05) is 35.2 Å². The first kappa shape index (κ1) is 22.3. The molecule has 160 valence electrons. The highest BCUT2D eigenvalue weighted by Crippen LogP contribution is 2.21. The van der Waals surface area contributed by atoms with E-state index in [1.54, 1.807) is 24.3 Å². The zero-order chi connectivity index (χ0) is 21.5. The lowest BCUT2D eigenvalue weighted by atomic mass is 10.0. The first-order valence-electron chi connectivity index (χ1n) is 10.5. The van der Waals surface area contributed by atoms with E-state index in [0.29, 0.717) is 16.5 Å². The minimum absolute atomic E-state index is 0.0625. The molecule has 3 rings (SSSR count). The fourth-order valence-corrected chi connectivity index (χ4v) is 4.04. The SMILES string of the molecule is CC(C)CN1CCN(C(=O)CC(NC(=O)c2ccccc2Cl)c2ccccc2)CC1. The molecular formula is C24H30ClN3O2. The van der Waals surface area contributed by atoms with Crippen LogP contribution in [0, 0.1) is 5.92 Å². The molecule has 1 heterocycles. The summed E-state index contributed by atoms with van der Waals surface area (Å²) in [6.07, 6.45) is 0.227. The third-order valence-electron chi connectivity index (χ3n) is 5.35. The van der Waals surface area contributed by atoms with E-state index in [4.69, 9.17) is 11.6 Å². The molecule has 2 amide bonds. The Hall–Kier alpha value is -2.37. The summed E-state index contributed by atoms with van der Waals surface area (Å²) in [5, 5.41) is 3.41. The van der Waals surface area contributed by atoms with Crippen LogP contribution in [0.5, 0.6) is 0 Å². The highest BCUT2D eigenvalue weighted by molar-refractivity contribution is 6.33. The van der Waals surface area contributed by atoms with Crippen molar-refractivity contribution in [3.05, 3.63) is 70.7 Å². The van der Waals surface area contributed by atoms with Gasteiger partial charge in [-0.3, -0.25) is 14.5 Å². The highest BCUT2D eigenvalue weighted by Gasteiger charge is 2.26. The molecule has 2 aromatic carbocycles. The average molecular weight is 428 g/mol. The van der Waals surface area contributed by atoms with Crippen molar-refractivity contribution in [1.82, 2.24) is 15.1 Å². The Bertz CT molecular complexity index is 849. The summed E-state index contributed by atoms with van der Waals surface area (Å²) >= 11 is 6.18. The van der Waals surface area contributed by atoms with Gasteiger partial charge in [-0.1, -0.05) is 67.9 Å². The molecule has 1 aliphatic rings. The smallest absolute Gasteiger partial charge is 0.253 e. The Morgan fingerprint density at radius 3 is 2.23 bits per heavy atom. The molecule has 0 aliphatic carbocycles. The second kappa shape index (κ2) is 10.6. The van der Waals surface area contributed by atoms with Crippen LogP contribution in [0.15, 0.2) is 54.6 Å². The fraction of sp³-hybridized carbons (Fsp3) is 0.417. The van der Waals surface area contributed by atoms with Crippen molar-refractivity contribution in [3.8, 4) is 0 Å². The van der Waals surface area contributed by atoms with E-state index >= 15 is 0 Å². The fourth-order valence-electron chi connectivity index (χ4n) is 3.82. The van der Waals surface area contributed by atoms with Gasteiger partial charge in [0.05, 0.1) is 23.0 Å². The van der Waals surface area contributed by atoms with E-state index in [1.165, 1.54) is 0 Å². The van der Waals surface area contributed by atoms with Crippen LogP contribution in [0.1, 0.15) is 42.2 Å². The van der Waals surface area contributed by atoms with Gasteiger partial charge in [0.2, 0.25) is 5.91 Å². The topological polar surface area (TPSA) is 52.6 Å². The standard InChI is InChI=1S/C24H30ClN3O2/c1-18(2)17-27-12-14-28(15-13-27)23(29)16-22(19-8-4-3-5-9-19)26-24(30)20-10-6-7-11-21(20)25/h3-11,18,22H,12-17H2,1-2H3,(H,26,30). The Morgan fingerprint density at radius 1 is 0.967 bits per heavy atom. The van der Waals surface area contributed by atoms with Gasteiger partial charge in [0.1, 0.15) is 0 Å². The minimum atomic E-state index is -0.406. The molecule has 30 heavy (non-hydrogen) atoms. The summed E-state index contributed by atoms with van der Waals surface area (Å²) in [7, 11) is 0. The second-order valence-electron chi connectivity index (χ2n) is 8.20. The van der Waals surface area contributed by atoms with Gasteiger partial charge in [-0.2, -0.15) is 0 Å². The number of carbonyl (C=O) groups excluding carboxylic acids is 2. The van der Waals surface area contributed by atoms with Crippen LogP contribution in [-0.4, -0.2) is 54.3 Å². The van der Waals surface area contributed by atoms with Crippen LogP contribution < -0.4 is 5.32 Å². The number of hydrogen-bond acceptors (Lipinski definition) is 3. The summed E-state index contributed by atoms with van der Waals surface area (Å²) in [6, 6.07) is 16.2. The first-order chi connectivity index (χ1) is 14.4. The van der Waals surface area contributed by atoms with Crippen LogP contribution in [0.4, 0.5) is 0 Å². The second-order valence-corrected chi connectivity index (χ2v) is 8.60. The lowest BCUT2D eigenvalue weighted by Crippen LogP contribution is -2.50. The molecule has 2 aromatic rings. The molecular weight excluding hydrogens is 398 g/mol. The van der Waals surface area contributed by atoms with Gasteiger partial charge >= 0.3 is 0 Å². The molecule has 0 aromatic heterocycles. The number of nitrogens with zero attached hydrogens (tertiary/aromatic N) is 2. The van der Waals surface area contributed by atoms with E-state index in [-0.39, 0.29) is 18.2 Å². The van der Waals surface area contributed by atoms with Gasteiger partial charge in [-0.05, 0) is 23.6 Å². The van der Waals surface area contributed by atoms with Crippen molar-refractivity contribution in [1.29, 1.82) is 0 Å². The maximum Gasteiger partial charge on any atom is 0.253 e. The van der Waals surface area contributed by atoms with Crippen molar-refractivity contribution in [2.75, 3.05) is 32.7 Å². The van der Waals surface area contributed by atoms with Crippen LogP contribution in [0.3, 0.4) is 0 Å². The normalized spacial score (nSPS) is 15.8. The van der Waals surface area contributed by atoms with Gasteiger partial charge < -0.3 is 10.2 Å². The van der Waals surface area contributed by atoms with Gasteiger partial charge in [-0.15, -0.1) is 0 Å². The molecule has 0 saturated carbocycles. The van der Waals surface area contributed by atoms with E-state index in [2.05, 4.69) is 24.1 Å². The number of nitrogens with one attached hydrogen (secondary N) is 1. The van der Waals surface area contributed by atoms with E-state index in [0.717, 1.165) is 38.3 Å². The first-order valence-corrected chi connectivity index (χ1v) is 10.9. The molecule has 1 saturated heterocycles. The Balaban J connectivity index is 1.67. The molecule has 1 unspecified atom stereocenters. The summed E-state index contributed by atoms with van der Waals surface area (Å²) < 4.78 is 0. The van der Waals surface area contributed by atoms with Gasteiger partial charge in [-0.25, -0.2) is 0 Å². The summed E-state index contributed by atoms with van der Waals surface area (Å²) in [4.78, 5) is 30.2. The molecule has 1 fully saturated rings. The van der Waals surface area contributed by atoms with Crippen molar-refractivity contribution < 1.29 is 9.59 Å². The van der Waals surface area contributed by atoms with Crippen molar-refractivity contribution >= 4 is 23.4 Å². The maximum atomic E-state index is 13.0. The molecule has 1 atom stereocenters. The predicted molar refractivity (Wildman–Crippen MR) is 121 cm³/mol. The number of amides is 2. The van der Waals surface area contributed by atoms with Gasteiger partial charge in [0.25, 0.3) is 5.91 Å². The molecule has 1 aliphatic heterocycles. The number of rotatable bonds is 7. The summed E-state index contributed by atoms with van der Waals surface area (Å²) in [5.74, 6) is 0.409. The molecule has 5 nitrogen and oxygen atoms in total. The number of piperazine rings is 1. The van der Waals surface area contributed by atoms with E-state index in [9.17, 15) is 9.59 Å². The van der Waals surface area contributed by atoms with Crippen molar-refractivity contribution in [2.45, 2.75) is 26.3 Å². The van der Waals surface area contributed by atoms with Gasteiger partial charge in [0.15, 0.2) is 0 Å². The quantitative estimate of drug-likeness (QED) is 0.726. The molecule has 1 N–H and O–H groups in total. The zero-order valence-electron chi connectivity index (χ0n) is 17.7. The summed E-state index contributed by atoms with van der Waals surface area (Å²) in [5.41, 5.74) is 1.32. The molecule has 0 radical (unpaired) electrons. The maximum absolute atomic E-state index is 13.0. The van der Waals surface area contributed by atoms with Crippen LogP contribution in [0.2, 0.25) is 5.02 Å². The monoisotopic (exact) mass is 427 g/mol. The molecule has 0 bridgehead atoms. The lowest BCUT2D eigenvalue weighted by molar-refractivity contribution is -0.133. The number of benzene rings is 2. The number of hydrogen-bond donors (Lipinski definition) is 1. The molecule has 6 heteroatoms. The van der Waals surface area contributed by atoms with Crippen LogP contribution >= 0.6 is 11.6 Å². The average Bonchev–Trinajstić information content (AvgIpc) is 2.74. The minimum Gasteiger partial charge on any atom is -0.345 e. The Kier molecular flexibility index (Phi) is 7.88. The number of halogens is 1. The van der Waals surface area contributed by atoms with Crippen LogP contribution in [-0.2, 0) is 4.79 Å². The number of carbonyl (C=O) groups is 2. The highest BCUT2D eigenvalue weighted by atomic mass is 35.5. The van der Waals surface area contributed by atoms with Crippen molar-refractivity contribution in [3.63, 3.8) is 0 Å². The third kappa shape index (κ3) is 6.07. The Labute approximate surface area is 184 Å². The Morgan fingerprint density at radius 2 is 1.60 bits per heavy atom.